The molecule has 1 aromatic carbocycles. The minimum Gasteiger partial charge on any atom is -0.303 e. The van der Waals surface area contributed by atoms with E-state index in [0.29, 0.717) is 0 Å². The Balaban J connectivity index is 2.36. The molecule has 0 atom stereocenters. The summed E-state index contributed by atoms with van der Waals surface area (Å²) in [6.07, 6.45) is 0. The molecule has 0 unspecified atom stereocenters. The molecule has 1 heterocycles. The Morgan fingerprint density at radius 1 is 1.46 bits per heavy atom. The monoisotopic (exact) mass is 230 g/mol. The van der Waals surface area contributed by atoms with Crippen LogP contribution in [0, 0.1) is 6.92 Å². The Morgan fingerprint density at radius 2 is 2.31 bits per heavy atom. The van der Waals surface area contributed by atoms with E-state index in [1.807, 2.05) is 25.1 Å². The summed E-state index contributed by atoms with van der Waals surface area (Å²) < 4.78 is 7.29. The highest BCUT2D eigenvalue weighted by atomic mass is 35.5. The van der Waals surface area contributed by atoms with E-state index in [-0.39, 0.29) is 0 Å². The molecule has 0 saturated carbocycles. The molecular formula is C8H7ClN2S2. The van der Waals surface area contributed by atoms with Gasteiger partial charge in [0.2, 0.25) is 0 Å². The summed E-state index contributed by atoms with van der Waals surface area (Å²) in [7, 11) is 2.94. The molecule has 1 aliphatic heterocycles. The van der Waals surface area contributed by atoms with Gasteiger partial charge in [-0.05, 0) is 18.6 Å². The molecule has 0 bridgehead atoms. The zero-order valence-electron chi connectivity index (χ0n) is 6.87. The van der Waals surface area contributed by atoms with Crippen LogP contribution in [0.1, 0.15) is 11.1 Å². The molecule has 0 saturated heterocycles. The highest BCUT2D eigenvalue weighted by Crippen LogP contribution is 2.27. The van der Waals surface area contributed by atoms with Gasteiger partial charge in [-0.2, -0.15) is 4.40 Å². The average molecular weight is 231 g/mol. The zero-order valence-corrected chi connectivity index (χ0v) is 9.26. The topological polar surface area (TPSA) is 24.4 Å². The summed E-state index contributed by atoms with van der Waals surface area (Å²) >= 11 is 6.00. The molecule has 0 aromatic heterocycles. The van der Waals surface area contributed by atoms with Gasteiger partial charge in [-0.15, -0.1) is 0 Å². The van der Waals surface area contributed by atoms with Crippen molar-refractivity contribution in [3.05, 3.63) is 34.3 Å². The minimum absolute atomic E-state index is 0.781. The lowest BCUT2D eigenvalue weighted by molar-refractivity contribution is 1.43. The van der Waals surface area contributed by atoms with Gasteiger partial charge in [0.15, 0.2) is 5.84 Å². The Kier molecular flexibility index (Phi) is 2.71. The molecular weight excluding hydrogens is 224 g/mol. The Morgan fingerprint density at radius 3 is 2.92 bits per heavy atom. The molecule has 1 aromatic rings. The van der Waals surface area contributed by atoms with Crippen molar-refractivity contribution in [2.24, 2.45) is 4.40 Å². The van der Waals surface area contributed by atoms with E-state index in [1.165, 1.54) is 22.0 Å². The summed E-state index contributed by atoms with van der Waals surface area (Å²) in [5.41, 5.74) is 2.12. The summed E-state index contributed by atoms with van der Waals surface area (Å²) in [5, 5.41) is 0.781. The summed E-state index contributed by atoms with van der Waals surface area (Å²) in [4.78, 5) is 0. The van der Waals surface area contributed by atoms with Gasteiger partial charge in [0.25, 0.3) is 0 Å². The van der Waals surface area contributed by atoms with Gasteiger partial charge in [-0.25, -0.2) is 0 Å². The molecule has 0 aliphatic carbocycles. The van der Waals surface area contributed by atoms with Crippen LogP contribution in [0.15, 0.2) is 22.6 Å². The van der Waals surface area contributed by atoms with Gasteiger partial charge >= 0.3 is 0 Å². The third kappa shape index (κ3) is 1.95. The van der Waals surface area contributed by atoms with Gasteiger partial charge in [0.05, 0.1) is 11.0 Å². The number of rotatable bonds is 1. The van der Waals surface area contributed by atoms with Crippen LogP contribution in [0.4, 0.5) is 0 Å². The summed E-state index contributed by atoms with van der Waals surface area (Å²) in [6, 6.07) is 5.93. The number of aryl methyl sites for hydroxylation is 1. The first-order valence-electron chi connectivity index (χ1n) is 3.70. The van der Waals surface area contributed by atoms with Crippen LogP contribution in [0.25, 0.3) is 0 Å². The molecule has 0 fully saturated rings. The number of benzene rings is 1. The number of nitrogens with zero attached hydrogens (tertiary/aromatic N) is 1. The van der Waals surface area contributed by atoms with E-state index in [2.05, 4.69) is 9.12 Å². The maximum atomic E-state index is 6.00. The van der Waals surface area contributed by atoms with E-state index < -0.39 is 0 Å². The van der Waals surface area contributed by atoms with Crippen molar-refractivity contribution >= 4 is 39.4 Å². The predicted octanol–water partition coefficient (Wildman–Crippen LogP) is 3.21. The van der Waals surface area contributed by atoms with Crippen LogP contribution < -0.4 is 4.72 Å². The standard InChI is InChI=1S/C8H7ClN2S2/c1-5-2-3-6(4-7(5)9)8-10-12-13-11-8/h2-4H,1H3,(H,10,11). The Hall–Kier alpha value is -0.320. The number of hydrogen-bond donors (Lipinski definition) is 1. The summed E-state index contributed by atoms with van der Waals surface area (Å²) in [6.45, 7) is 1.99. The van der Waals surface area contributed by atoms with Crippen molar-refractivity contribution < 1.29 is 0 Å². The maximum Gasteiger partial charge on any atom is 0.153 e. The first-order valence-corrected chi connectivity index (χ1v) is 6.19. The molecule has 0 spiro atoms. The van der Waals surface area contributed by atoms with E-state index >= 15 is 0 Å². The van der Waals surface area contributed by atoms with Crippen LogP contribution >= 0.6 is 33.6 Å². The van der Waals surface area contributed by atoms with Crippen molar-refractivity contribution in [1.82, 2.24) is 4.72 Å². The SMILES string of the molecule is Cc1ccc(C2=NSSN2)cc1Cl. The van der Waals surface area contributed by atoms with Crippen LogP contribution in [-0.4, -0.2) is 5.84 Å². The molecule has 13 heavy (non-hydrogen) atoms. The highest BCUT2D eigenvalue weighted by molar-refractivity contribution is 8.76. The number of amidine groups is 1. The van der Waals surface area contributed by atoms with Crippen molar-refractivity contribution in [2.75, 3.05) is 0 Å². The van der Waals surface area contributed by atoms with Gasteiger partial charge in [0.1, 0.15) is 0 Å². The third-order valence-electron chi connectivity index (χ3n) is 1.75. The quantitative estimate of drug-likeness (QED) is 0.592. The van der Waals surface area contributed by atoms with E-state index in [0.717, 1.165) is 22.0 Å². The van der Waals surface area contributed by atoms with Crippen molar-refractivity contribution in [2.45, 2.75) is 6.92 Å². The van der Waals surface area contributed by atoms with Crippen molar-refractivity contribution in [3.8, 4) is 0 Å². The fourth-order valence-corrected chi connectivity index (χ4v) is 2.45. The smallest absolute Gasteiger partial charge is 0.153 e. The fourth-order valence-electron chi connectivity index (χ4n) is 0.984. The predicted molar refractivity (Wildman–Crippen MR) is 61.0 cm³/mol. The third-order valence-corrected chi connectivity index (χ3v) is 3.46. The van der Waals surface area contributed by atoms with Crippen LogP contribution in [0.5, 0.6) is 0 Å². The van der Waals surface area contributed by atoms with Crippen LogP contribution in [0.2, 0.25) is 5.02 Å². The second kappa shape index (κ2) is 3.82. The largest absolute Gasteiger partial charge is 0.303 e. The first-order chi connectivity index (χ1) is 6.27. The van der Waals surface area contributed by atoms with Crippen LogP contribution in [-0.2, 0) is 0 Å². The van der Waals surface area contributed by atoms with E-state index in [1.54, 1.807) is 0 Å². The second-order valence-corrected chi connectivity index (χ2v) is 4.72. The first kappa shape index (κ1) is 9.24. The van der Waals surface area contributed by atoms with E-state index in [4.69, 9.17) is 11.6 Å². The van der Waals surface area contributed by atoms with Gasteiger partial charge in [-0.3, -0.25) is 0 Å². The lowest BCUT2D eigenvalue weighted by atomic mass is 10.1. The molecule has 1 N–H and O–H groups in total. The van der Waals surface area contributed by atoms with E-state index in [9.17, 15) is 0 Å². The van der Waals surface area contributed by atoms with Crippen molar-refractivity contribution in [1.29, 1.82) is 0 Å². The number of halogens is 1. The molecule has 2 rings (SSSR count). The Bertz CT molecular complexity index is 365. The minimum atomic E-state index is 0.781. The molecule has 0 radical (unpaired) electrons. The lowest BCUT2D eigenvalue weighted by Crippen LogP contribution is -2.12. The number of nitrogens with one attached hydrogen (secondary N) is 1. The zero-order chi connectivity index (χ0) is 9.26. The highest BCUT2D eigenvalue weighted by Gasteiger charge is 2.10. The lowest BCUT2D eigenvalue weighted by Gasteiger charge is -2.02. The molecule has 5 heteroatoms. The molecule has 0 amide bonds. The van der Waals surface area contributed by atoms with Gasteiger partial charge < -0.3 is 4.72 Å². The van der Waals surface area contributed by atoms with Gasteiger partial charge in [-0.1, -0.05) is 23.7 Å². The van der Waals surface area contributed by atoms with Gasteiger partial charge in [0, 0.05) is 21.6 Å². The number of hydrogen-bond acceptors (Lipinski definition) is 4. The molecule has 68 valence electrons. The average Bonchev–Trinajstić information content (AvgIpc) is 2.62. The van der Waals surface area contributed by atoms with Crippen LogP contribution in [0.3, 0.4) is 0 Å². The maximum absolute atomic E-state index is 6.00. The van der Waals surface area contributed by atoms with Crippen molar-refractivity contribution in [3.63, 3.8) is 0 Å². The summed E-state index contributed by atoms with van der Waals surface area (Å²) in [5.74, 6) is 0.886. The molecule has 1 aliphatic rings. The fraction of sp³-hybridized carbons (Fsp3) is 0.125. The molecule has 2 nitrogen and oxygen atoms in total. The Labute approximate surface area is 89.8 Å². The normalized spacial score (nSPS) is 15.4. The second-order valence-electron chi connectivity index (χ2n) is 2.66.